The van der Waals surface area contributed by atoms with Crippen LogP contribution in [0.2, 0.25) is 5.02 Å². The van der Waals surface area contributed by atoms with Gasteiger partial charge in [0.15, 0.2) is 23.9 Å². The number of anilines is 1. The number of nitrogens with zero attached hydrogens (tertiary/aromatic N) is 2. The zero-order valence-electron chi connectivity index (χ0n) is 16.2. The number of rotatable bonds is 8. The summed E-state index contributed by atoms with van der Waals surface area (Å²) in [5.41, 5.74) is 1.64. The molecule has 0 aliphatic carbocycles. The molecule has 3 aromatic rings. The monoisotopic (exact) mass is 433 g/mol. The molecule has 1 amide bonds. The summed E-state index contributed by atoms with van der Waals surface area (Å²) in [5.74, 6) is 1.97. The fourth-order valence-corrected chi connectivity index (χ4v) is 3.21. The van der Waals surface area contributed by atoms with E-state index in [0.29, 0.717) is 39.8 Å². The lowest BCUT2D eigenvalue weighted by Crippen LogP contribution is -2.20. The van der Waals surface area contributed by atoms with Gasteiger partial charge in [0.2, 0.25) is 5.13 Å². The van der Waals surface area contributed by atoms with Gasteiger partial charge in [0.1, 0.15) is 5.75 Å². The van der Waals surface area contributed by atoms with Crippen molar-refractivity contribution in [1.82, 2.24) is 9.36 Å². The summed E-state index contributed by atoms with van der Waals surface area (Å²) in [5, 5.41) is 3.72. The lowest BCUT2D eigenvalue weighted by Gasteiger charge is -2.09. The molecule has 0 saturated carbocycles. The van der Waals surface area contributed by atoms with Crippen LogP contribution < -0.4 is 19.5 Å². The predicted octanol–water partition coefficient (Wildman–Crippen LogP) is 4.59. The minimum absolute atomic E-state index is 0.146. The Kier molecular flexibility index (Phi) is 6.90. The molecule has 29 heavy (non-hydrogen) atoms. The maximum Gasteiger partial charge on any atom is 0.264 e. The van der Waals surface area contributed by atoms with Crippen LogP contribution in [0.4, 0.5) is 5.13 Å². The zero-order chi connectivity index (χ0) is 20.8. The molecule has 1 aromatic heterocycles. The fraction of sp³-hybridized carbons (Fsp3) is 0.250. The number of halogens is 1. The normalized spacial score (nSPS) is 10.5. The third kappa shape index (κ3) is 5.36. The molecule has 7 nitrogen and oxygen atoms in total. The van der Waals surface area contributed by atoms with Crippen LogP contribution in [0, 0.1) is 6.92 Å². The molecule has 2 aromatic carbocycles. The Morgan fingerprint density at radius 2 is 2.00 bits per heavy atom. The molecule has 152 valence electrons. The number of hydrogen-bond donors (Lipinski definition) is 1. The van der Waals surface area contributed by atoms with Gasteiger partial charge in [0.05, 0.1) is 13.7 Å². The maximum atomic E-state index is 12.1. The fourth-order valence-electron chi connectivity index (χ4n) is 2.48. The van der Waals surface area contributed by atoms with Crippen LogP contribution in [0.1, 0.15) is 12.5 Å². The summed E-state index contributed by atoms with van der Waals surface area (Å²) in [6.45, 7) is 4.17. The zero-order valence-corrected chi connectivity index (χ0v) is 17.8. The SMILES string of the molecule is CCOc1ccc(-c2nsc(NC(=O)COc3ccc(Cl)c(C)c3)n2)cc1OC. The second-order valence-electron chi connectivity index (χ2n) is 5.97. The van der Waals surface area contributed by atoms with Crippen molar-refractivity contribution < 1.29 is 19.0 Å². The number of benzene rings is 2. The summed E-state index contributed by atoms with van der Waals surface area (Å²) >= 11 is 7.07. The van der Waals surface area contributed by atoms with E-state index in [0.717, 1.165) is 22.7 Å². The van der Waals surface area contributed by atoms with E-state index in [1.807, 2.05) is 19.9 Å². The van der Waals surface area contributed by atoms with Gasteiger partial charge >= 0.3 is 0 Å². The predicted molar refractivity (Wildman–Crippen MR) is 113 cm³/mol. The molecule has 0 saturated heterocycles. The first-order valence-electron chi connectivity index (χ1n) is 8.84. The number of hydrogen-bond acceptors (Lipinski definition) is 7. The highest BCUT2D eigenvalue weighted by molar-refractivity contribution is 7.10. The molecule has 1 heterocycles. The number of carbonyl (C=O) groups is 1. The highest BCUT2D eigenvalue weighted by atomic mass is 35.5. The molecule has 0 spiro atoms. The lowest BCUT2D eigenvalue weighted by atomic mass is 10.2. The van der Waals surface area contributed by atoms with Crippen molar-refractivity contribution >= 4 is 34.2 Å². The minimum atomic E-state index is -0.329. The van der Waals surface area contributed by atoms with Gasteiger partial charge in [0.25, 0.3) is 5.91 Å². The number of carbonyl (C=O) groups excluding carboxylic acids is 1. The van der Waals surface area contributed by atoms with Crippen molar-refractivity contribution in [1.29, 1.82) is 0 Å². The Hall–Kier alpha value is -2.84. The second-order valence-corrected chi connectivity index (χ2v) is 7.13. The molecular weight excluding hydrogens is 414 g/mol. The maximum absolute atomic E-state index is 12.1. The number of nitrogens with one attached hydrogen (secondary N) is 1. The molecule has 0 aliphatic rings. The largest absolute Gasteiger partial charge is 0.493 e. The summed E-state index contributed by atoms with van der Waals surface area (Å²) in [6.07, 6.45) is 0. The van der Waals surface area contributed by atoms with E-state index >= 15 is 0 Å². The van der Waals surface area contributed by atoms with Crippen LogP contribution in [0.3, 0.4) is 0 Å². The number of aryl methyl sites for hydroxylation is 1. The van der Waals surface area contributed by atoms with Crippen molar-refractivity contribution in [2.24, 2.45) is 0 Å². The van der Waals surface area contributed by atoms with Crippen LogP contribution in [0.5, 0.6) is 17.2 Å². The van der Waals surface area contributed by atoms with E-state index in [9.17, 15) is 4.79 Å². The first-order valence-corrected chi connectivity index (χ1v) is 9.99. The van der Waals surface area contributed by atoms with E-state index in [4.69, 9.17) is 25.8 Å². The van der Waals surface area contributed by atoms with Gasteiger partial charge in [-0.15, -0.1) is 0 Å². The number of aromatic nitrogens is 2. The van der Waals surface area contributed by atoms with Gasteiger partial charge < -0.3 is 14.2 Å². The molecule has 0 radical (unpaired) electrons. The Bertz CT molecular complexity index is 1010. The van der Waals surface area contributed by atoms with Crippen LogP contribution in [0.15, 0.2) is 36.4 Å². The van der Waals surface area contributed by atoms with Gasteiger partial charge in [-0.05, 0) is 55.8 Å². The first kappa shape index (κ1) is 20.9. The summed E-state index contributed by atoms with van der Waals surface area (Å²) < 4.78 is 20.6. The van der Waals surface area contributed by atoms with Crippen LogP contribution in [-0.2, 0) is 4.79 Å². The molecule has 9 heteroatoms. The van der Waals surface area contributed by atoms with Crippen LogP contribution >= 0.6 is 23.1 Å². The lowest BCUT2D eigenvalue weighted by molar-refractivity contribution is -0.118. The van der Waals surface area contributed by atoms with Crippen molar-refractivity contribution in [2.45, 2.75) is 13.8 Å². The molecule has 0 aliphatic heterocycles. The van der Waals surface area contributed by atoms with Crippen molar-refractivity contribution in [2.75, 3.05) is 25.6 Å². The smallest absolute Gasteiger partial charge is 0.264 e. The van der Waals surface area contributed by atoms with E-state index in [1.165, 1.54) is 0 Å². The van der Waals surface area contributed by atoms with Crippen molar-refractivity contribution in [3.63, 3.8) is 0 Å². The van der Waals surface area contributed by atoms with E-state index in [-0.39, 0.29) is 12.5 Å². The Morgan fingerprint density at radius 3 is 2.72 bits per heavy atom. The molecule has 1 N–H and O–H groups in total. The quantitative estimate of drug-likeness (QED) is 0.559. The average Bonchev–Trinajstić information content (AvgIpc) is 3.18. The van der Waals surface area contributed by atoms with Gasteiger partial charge in [-0.2, -0.15) is 9.36 Å². The molecular formula is C20H20ClN3O4S. The summed E-state index contributed by atoms with van der Waals surface area (Å²) in [7, 11) is 1.57. The molecule has 0 atom stereocenters. The summed E-state index contributed by atoms with van der Waals surface area (Å²) in [6, 6.07) is 10.7. The van der Waals surface area contributed by atoms with Crippen molar-refractivity contribution in [3.05, 3.63) is 47.0 Å². The first-order chi connectivity index (χ1) is 14.0. The van der Waals surface area contributed by atoms with E-state index < -0.39 is 0 Å². The highest BCUT2D eigenvalue weighted by Crippen LogP contribution is 2.32. The van der Waals surface area contributed by atoms with Gasteiger partial charge in [-0.3, -0.25) is 10.1 Å². The minimum Gasteiger partial charge on any atom is -0.493 e. The molecule has 0 bridgehead atoms. The third-order valence-electron chi connectivity index (χ3n) is 3.89. The van der Waals surface area contributed by atoms with Crippen LogP contribution in [-0.4, -0.2) is 35.6 Å². The topological polar surface area (TPSA) is 82.6 Å². The molecule has 0 unspecified atom stereocenters. The van der Waals surface area contributed by atoms with Gasteiger partial charge in [0, 0.05) is 22.1 Å². The Morgan fingerprint density at radius 1 is 1.17 bits per heavy atom. The summed E-state index contributed by atoms with van der Waals surface area (Å²) in [4.78, 5) is 16.5. The van der Waals surface area contributed by atoms with Gasteiger partial charge in [-0.1, -0.05) is 11.6 Å². The Balaban J connectivity index is 1.62. The third-order valence-corrected chi connectivity index (χ3v) is 4.95. The van der Waals surface area contributed by atoms with Crippen LogP contribution in [0.25, 0.3) is 11.4 Å². The molecule has 3 rings (SSSR count). The highest BCUT2D eigenvalue weighted by Gasteiger charge is 2.13. The van der Waals surface area contributed by atoms with E-state index in [1.54, 1.807) is 37.4 Å². The Labute approximate surface area is 177 Å². The number of methoxy groups -OCH3 is 1. The standard InChI is InChI=1S/C20H20ClN3O4S/c1-4-27-16-8-5-13(10-17(16)26-3)19-23-20(29-24-19)22-18(25)11-28-14-6-7-15(21)12(2)9-14/h5-10H,4,11H2,1-3H3,(H,22,23,24,25). The van der Waals surface area contributed by atoms with Crippen molar-refractivity contribution in [3.8, 4) is 28.6 Å². The van der Waals surface area contributed by atoms with Gasteiger partial charge in [-0.25, -0.2) is 0 Å². The average molecular weight is 434 g/mol. The van der Waals surface area contributed by atoms with E-state index in [2.05, 4.69) is 14.7 Å². The molecule has 0 fully saturated rings. The number of amides is 1. The number of ether oxygens (including phenoxy) is 3. The second kappa shape index (κ2) is 9.58.